The van der Waals surface area contributed by atoms with Crippen LogP contribution in [-0.4, -0.2) is 51.0 Å². The first kappa shape index (κ1) is 18.6. The number of halogens is 1. The van der Waals surface area contributed by atoms with Crippen LogP contribution in [0.2, 0.25) is 5.02 Å². The number of sulfonamides is 1. The molecule has 25 heavy (non-hydrogen) atoms. The van der Waals surface area contributed by atoms with E-state index in [-0.39, 0.29) is 16.9 Å². The fourth-order valence-electron chi connectivity index (χ4n) is 3.25. The van der Waals surface area contributed by atoms with Crippen LogP contribution in [0.4, 0.5) is 0 Å². The standard InChI is InChI=1S/C17H23ClN2O4S/c18-14-3-5-15(6-4-14)25(22,23)20-9-7-13(8-10-20)12-19-17(21)16-2-1-11-24-16/h3-6,13,16H,1-2,7-12H2,(H,19,21)/t16-/m1/s1. The molecule has 2 aliphatic heterocycles. The smallest absolute Gasteiger partial charge is 0.249 e. The first-order valence-electron chi connectivity index (χ1n) is 8.62. The molecule has 0 radical (unpaired) electrons. The fraction of sp³-hybridized carbons (Fsp3) is 0.588. The minimum absolute atomic E-state index is 0.0475. The lowest BCUT2D eigenvalue weighted by molar-refractivity contribution is -0.130. The molecule has 0 bridgehead atoms. The van der Waals surface area contributed by atoms with Crippen molar-refractivity contribution in [3.8, 4) is 0 Å². The van der Waals surface area contributed by atoms with Crippen LogP contribution in [0.3, 0.4) is 0 Å². The highest BCUT2D eigenvalue weighted by atomic mass is 35.5. The zero-order valence-electron chi connectivity index (χ0n) is 14.0. The Bertz CT molecular complexity index is 694. The van der Waals surface area contributed by atoms with Crippen molar-refractivity contribution < 1.29 is 17.9 Å². The monoisotopic (exact) mass is 386 g/mol. The van der Waals surface area contributed by atoms with E-state index in [1.54, 1.807) is 12.1 Å². The van der Waals surface area contributed by atoms with E-state index in [0.717, 1.165) is 25.7 Å². The minimum Gasteiger partial charge on any atom is -0.368 e. The molecular formula is C17H23ClN2O4S. The van der Waals surface area contributed by atoms with Gasteiger partial charge in [-0.05, 0) is 55.9 Å². The molecule has 0 unspecified atom stereocenters. The van der Waals surface area contributed by atoms with E-state index < -0.39 is 10.0 Å². The zero-order valence-corrected chi connectivity index (χ0v) is 15.6. The molecule has 0 aromatic heterocycles. The minimum atomic E-state index is -3.48. The van der Waals surface area contributed by atoms with Gasteiger partial charge in [-0.15, -0.1) is 0 Å². The summed E-state index contributed by atoms with van der Waals surface area (Å²) in [6.07, 6.45) is 2.87. The topological polar surface area (TPSA) is 75.7 Å². The van der Waals surface area contributed by atoms with Crippen LogP contribution >= 0.6 is 11.6 Å². The van der Waals surface area contributed by atoms with Crippen LogP contribution in [0.1, 0.15) is 25.7 Å². The van der Waals surface area contributed by atoms with Crippen LogP contribution in [0.15, 0.2) is 29.2 Å². The molecule has 1 aromatic rings. The number of hydrogen-bond donors (Lipinski definition) is 1. The molecule has 1 aromatic carbocycles. The number of carbonyl (C=O) groups is 1. The molecule has 3 rings (SSSR count). The summed E-state index contributed by atoms with van der Waals surface area (Å²) in [6.45, 7) is 2.16. The molecule has 6 nitrogen and oxygen atoms in total. The number of ether oxygens (including phenoxy) is 1. The summed E-state index contributed by atoms with van der Waals surface area (Å²) in [4.78, 5) is 12.2. The maximum absolute atomic E-state index is 12.6. The van der Waals surface area contributed by atoms with E-state index in [2.05, 4.69) is 5.32 Å². The third kappa shape index (κ3) is 4.53. The number of piperidine rings is 1. The molecule has 8 heteroatoms. The SMILES string of the molecule is O=C(NCC1CCN(S(=O)(=O)c2ccc(Cl)cc2)CC1)[C@H]1CCCO1. The Balaban J connectivity index is 1.49. The van der Waals surface area contributed by atoms with E-state index in [1.807, 2.05) is 0 Å². The Morgan fingerprint density at radius 2 is 1.88 bits per heavy atom. The quantitative estimate of drug-likeness (QED) is 0.840. The van der Waals surface area contributed by atoms with Gasteiger partial charge in [-0.2, -0.15) is 4.31 Å². The van der Waals surface area contributed by atoms with Crippen molar-refractivity contribution in [1.29, 1.82) is 0 Å². The van der Waals surface area contributed by atoms with Gasteiger partial charge in [-0.3, -0.25) is 4.79 Å². The highest BCUT2D eigenvalue weighted by Gasteiger charge is 2.30. The fourth-order valence-corrected chi connectivity index (χ4v) is 4.85. The van der Waals surface area contributed by atoms with Gasteiger partial charge in [0.1, 0.15) is 6.10 Å². The number of nitrogens with zero attached hydrogens (tertiary/aromatic N) is 1. The van der Waals surface area contributed by atoms with Crippen LogP contribution in [0, 0.1) is 5.92 Å². The Labute approximate surface area is 153 Å². The number of amides is 1. The van der Waals surface area contributed by atoms with Crippen LogP contribution in [0.25, 0.3) is 0 Å². The molecule has 2 saturated heterocycles. The summed E-state index contributed by atoms with van der Waals surface area (Å²) in [5.74, 6) is 0.246. The first-order valence-corrected chi connectivity index (χ1v) is 10.4. The largest absolute Gasteiger partial charge is 0.368 e. The molecule has 2 fully saturated rings. The third-order valence-electron chi connectivity index (χ3n) is 4.81. The first-order chi connectivity index (χ1) is 12.0. The molecule has 138 valence electrons. The second-order valence-electron chi connectivity index (χ2n) is 6.55. The lowest BCUT2D eigenvalue weighted by Crippen LogP contribution is -2.43. The second kappa shape index (κ2) is 8.03. The molecule has 0 spiro atoms. The zero-order chi connectivity index (χ0) is 17.9. The normalized spacial score (nSPS) is 22.8. The number of nitrogens with one attached hydrogen (secondary N) is 1. The molecule has 2 aliphatic rings. The summed E-state index contributed by atoms with van der Waals surface area (Å²) in [6, 6.07) is 6.24. The van der Waals surface area contributed by atoms with Gasteiger partial charge in [0, 0.05) is 31.3 Å². The van der Waals surface area contributed by atoms with E-state index in [9.17, 15) is 13.2 Å². The van der Waals surface area contributed by atoms with Gasteiger partial charge in [0.2, 0.25) is 15.9 Å². The molecule has 0 saturated carbocycles. The van der Waals surface area contributed by atoms with Gasteiger partial charge >= 0.3 is 0 Å². The second-order valence-corrected chi connectivity index (χ2v) is 8.92. The lowest BCUT2D eigenvalue weighted by atomic mass is 9.98. The summed E-state index contributed by atoms with van der Waals surface area (Å²) >= 11 is 5.82. The summed E-state index contributed by atoms with van der Waals surface area (Å²) in [7, 11) is -3.48. The predicted octanol–water partition coefficient (Wildman–Crippen LogP) is 2.04. The van der Waals surface area contributed by atoms with Crippen LogP contribution in [-0.2, 0) is 19.6 Å². The van der Waals surface area contributed by atoms with E-state index in [1.165, 1.54) is 16.4 Å². The Morgan fingerprint density at radius 3 is 2.48 bits per heavy atom. The van der Waals surface area contributed by atoms with Crippen LogP contribution in [0.5, 0.6) is 0 Å². The maximum Gasteiger partial charge on any atom is 0.249 e. The van der Waals surface area contributed by atoms with Crippen molar-refractivity contribution in [3.63, 3.8) is 0 Å². The van der Waals surface area contributed by atoms with Gasteiger partial charge in [-0.1, -0.05) is 11.6 Å². The highest BCUT2D eigenvalue weighted by Crippen LogP contribution is 2.24. The van der Waals surface area contributed by atoms with Crippen molar-refractivity contribution in [2.45, 2.75) is 36.7 Å². The average molecular weight is 387 g/mol. The lowest BCUT2D eigenvalue weighted by Gasteiger charge is -2.31. The van der Waals surface area contributed by atoms with Gasteiger partial charge in [0.25, 0.3) is 0 Å². The number of rotatable bonds is 5. The van der Waals surface area contributed by atoms with E-state index in [0.29, 0.717) is 37.2 Å². The van der Waals surface area contributed by atoms with Gasteiger partial charge in [0.15, 0.2) is 0 Å². The molecule has 2 heterocycles. The highest BCUT2D eigenvalue weighted by molar-refractivity contribution is 7.89. The summed E-state index contributed by atoms with van der Waals surface area (Å²) < 4.78 is 32.2. The number of hydrogen-bond acceptors (Lipinski definition) is 4. The molecule has 1 N–H and O–H groups in total. The Hall–Kier alpha value is -1.15. The Kier molecular flexibility index (Phi) is 5.99. The maximum atomic E-state index is 12.6. The molecule has 1 atom stereocenters. The van der Waals surface area contributed by atoms with Crippen LogP contribution < -0.4 is 5.32 Å². The van der Waals surface area contributed by atoms with Gasteiger partial charge < -0.3 is 10.1 Å². The van der Waals surface area contributed by atoms with Crippen molar-refractivity contribution in [2.75, 3.05) is 26.2 Å². The molecule has 1 amide bonds. The molecular weight excluding hydrogens is 364 g/mol. The van der Waals surface area contributed by atoms with E-state index in [4.69, 9.17) is 16.3 Å². The average Bonchev–Trinajstić information content (AvgIpc) is 3.15. The summed E-state index contributed by atoms with van der Waals surface area (Å²) in [5, 5.41) is 3.45. The van der Waals surface area contributed by atoms with Gasteiger partial charge in [0.05, 0.1) is 4.90 Å². The van der Waals surface area contributed by atoms with Crippen molar-refractivity contribution in [2.24, 2.45) is 5.92 Å². The van der Waals surface area contributed by atoms with Gasteiger partial charge in [-0.25, -0.2) is 8.42 Å². The third-order valence-corrected chi connectivity index (χ3v) is 6.98. The predicted molar refractivity (Wildman–Crippen MR) is 94.9 cm³/mol. The Morgan fingerprint density at radius 1 is 1.20 bits per heavy atom. The van der Waals surface area contributed by atoms with Crippen molar-refractivity contribution >= 4 is 27.5 Å². The van der Waals surface area contributed by atoms with E-state index >= 15 is 0 Å². The summed E-state index contributed by atoms with van der Waals surface area (Å²) in [5.41, 5.74) is 0. The van der Waals surface area contributed by atoms with Crippen molar-refractivity contribution in [3.05, 3.63) is 29.3 Å². The van der Waals surface area contributed by atoms with Crippen molar-refractivity contribution in [1.82, 2.24) is 9.62 Å². The number of benzene rings is 1. The number of carbonyl (C=O) groups excluding carboxylic acids is 1. The molecule has 0 aliphatic carbocycles.